The molecule has 1 saturated heterocycles. The number of hydrogen-bond acceptors (Lipinski definition) is 3. The van der Waals surface area contributed by atoms with Crippen molar-refractivity contribution in [1.29, 1.82) is 0 Å². The maximum absolute atomic E-state index is 13.4. The Balaban J connectivity index is 1.96. The van der Waals surface area contributed by atoms with Gasteiger partial charge in [-0.1, -0.05) is 30.1 Å². The van der Waals surface area contributed by atoms with Crippen molar-refractivity contribution < 1.29 is 14.0 Å². The maximum Gasteiger partial charge on any atom is 0.283 e. The molecule has 0 radical (unpaired) electrons. The predicted octanol–water partition coefficient (Wildman–Crippen LogP) is 4.07. The molecule has 0 N–H and O–H groups in total. The Kier molecular flexibility index (Phi) is 4.83. The lowest BCUT2D eigenvalue weighted by atomic mass is 9.99. The summed E-state index contributed by atoms with van der Waals surface area (Å²) in [6.45, 7) is 2.75. The van der Waals surface area contributed by atoms with E-state index in [-0.39, 0.29) is 27.5 Å². The number of halogens is 3. The van der Waals surface area contributed by atoms with Crippen LogP contribution in [0.3, 0.4) is 0 Å². The smallest absolute Gasteiger partial charge is 0.283 e. The lowest BCUT2D eigenvalue weighted by molar-refractivity contribution is -0.121. The van der Waals surface area contributed by atoms with Crippen LogP contribution in [-0.2, 0) is 9.59 Å². The number of likely N-dealkylation sites (tertiary alicyclic amines) is 1. The fraction of sp³-hybridized carbons (Fsp3) is 0.412. The van der Waals surface area contributed by atoms with Gasteiger partial charge in [-0.15, -0.1) is 0 Å². The molecule has 0 bridgehead atoms. The molecule has 1 fully saturated rings. The predicted molar refractivity (Wildman–Crippen MR) is 91.4 cm³/mol. The summed E-state index contributed by atoms with van der Waals surface area (Å²) < 4.78 is 13.4. The second-order valence-corrected chi connectivity index (χ2v) is 6.74. The van der Waals surface area contributed by atoms with Gasteiger partial charge in [-0.25, -0.2) is 9.29 Å². The minimum atomic E-state index is -0.610. The van der Waals surface area contributed by atoms with Crippen molar-refractivity contribution >= 4 is 40.7 Å². The second-order valence-electron chi connectivity index (χ2n) is 5.96. The van der Waals surface area contributed by atoms with Crippen molar-refractivity contribution in [1.82, 2.24) is 4.90 Å². The largest absolute Gasteiger partial charge is 0.363 e. The monoisotopic (exact) mass is 370 g/mol. The molecule has 0 aromatic heterocycles. The molecule has 24 heavy (non-hydrogen) atoms. The molecule has 2 heterocycles. The number of hydrogen-bond donors (Lipinski definition) is 0. The summed E-state index contributed by atoms with van der Waals surface area (Å²) in [5.41, 5.74) is 0.461. The van der Waals surface area contributed by atoms with Gasteiger partial charge in [0, 0.05) is 12.6 Å². The van der Waals surface area contributed by atoms with Crippen LogP contribution in [0.25, 0.3) is 0 Å². The molecule has 1 atom stereocenters. The molecule has 1 unspecified atom stereocenters. The summed E-state index contributed by atoms with van der Waals surface area (Å²) in [6.07, 6.45) is 3.89. The Morgan fingerprint density at radius 1 is 1.21 bits per heavy atom. The van der Waals surface area contributed by atoms with Crippen molar-refractivity contribution in [2.24, 2.45) is 0 Å². The van der Waals surface area contributed by atoms with E-state index in [4.69, 9.17) is 23.2 Å². The fourth-order valence-corrected chi connectivity index (χ4v) is 3.77. The first-order valence-electron chi connectivity index (χ1n) is 7.96. The molecule has 128 valence electrons. The molecular formula is C17H17Cl2FN2O2. The highest BCUT2D eigenvalue weighted by atomic mass is 35.5. The third-order valence-corrected chi connectivity index (χ3v) is 5.18. The van der Waals surface area contributed by atoms with E-state index in [0.29, 0.717) is 6.54 Å². The van der Waals surface area contributed by atoms with Gasteiger partial charge in [-0.05, 0) is 43.9 Å². The number of nitrogens with zero attached hydrogens (tertiary/aromatic N) is 2. The van der Waals surface area contributed by atoms with E-state index in [1.165, 1.54) is 12.1 Å². The first-order valence-corrected chi connectivity index (χ1v) is 8.71. The molecule has 0 spiro atoms. The van der Waals surface area contributed by atoms with Crippen LogP contribution in [0.2, 0.25) is 5.02 Å². The standard InChI is InChI=1S/C17H17Cl2FN2O2/c1-2-10-5-3-4-8-21(10)15-14(19)16(23)22(17(15)24)11-6-7-13(20)12(18)9-11/h6-7,9-10H,2-5,8H2,1H3. The van der Waals surface area contributed by atoms with E-state index < -0.39 is 17.6 Å². The van der Waals surface area contributed by atoms with Gasteiger partial charge in [-0.3, -0.25) is 9.59 Å². The zero-order chi connectivity index (χ0) is 17.4. The second kappa shape index (κ2) is 6.73. The van der Waals surface area contributed by atoms with Crippen LogP contribution >= 0.6 is 23.2 Å². The Bertz CT molecular complexity index is 735. The molecule has 2 amide bonds. The van der Waals surface area contributed by atoms with Crippen LogP contribution in [0.4, 0.5) is 10.1 Å². The van der Waals surface area contributed by atoms with Gasteiger partial charge in [0.1, 0.15) is 16.5 Å². The van der Waals surface area contributed by atoms with Crippen molar-refractivity contribution in [3.8, 4) is 0 Å². The van der Waals surface area contributed by atoms with E-state index in [1.54, 1.807) is 0 Å². The molecule has 2 aliphatic rings. The number of carbonyl (C=O) groups is 2. The molecule has 3 rings (SSSR count). The van der Waals surface area contributed by atoms with Gasteiger partial charge in [0.25, 0.3) is 11.8 Å². The Morgan fingerprint density at radius 3 is 2.62 bits per heavy atom. The topological polar surface area (TPSA) is 40.6 Å². The molecule has 1 aromatic carbocycles. The highest BCUT2D eigenvalue weighted by Crippen LogP contribution is 2.35. The zero-order valence-electron chi connectivity index (χ0n) is 13.2. The number of benzene rings is 1. The van der Waals surface area contributed by atoms with Gasteiger partial charge in [-0.2, -0.15) is 0 Å². The number of amides is 2. The highest BCUT2D eigenvalue weighted by Gasteiger charge is 2.43. The Morgan fingerprint density at radius 2 is 1.96 bits per heavy atom. The number of piperidine rings is 1. The lowest BCUT2D eigenvalue weighted by Gasteiger charge is -2.37. The Labute approximate surface area is 149 Å². The van der Waals surface area contributed by atoms with Gasteiger partial charge in [0.05, 0.1) is 10.7 Å². The van der Waals surface area contributed by atoms with Crippen LogP contribution in [0.15, 0.2) is 28.9 Å². The first-order chi connectivity index (χ1) is 11.5. The van der Waals surface area contributed by atoms with E-state index in [0.717, 1.165) is 36.6 Å². The van der Waals surface area contributed by atoms with Gasteiger partial charge >= 0.3 is 0 Å². The number of anilines is 1. The van der Waals surface area contributed by atoms with Crippen LogP contribution in [0.1, 0.15) is 32.6 Å². The molecule has 0 saturated carbocycles. The van der Waals surface area contributed by atoms with Crippen molar-refractivity contribution in [2.75, 3.05) is 11.4 Å². The number of rotatable bonds is 3. The SMILES string of the molecule is CCC1CCCCN1C1=C(Cl)C(=O)N(c2ccc(F)c(Cl)c2)C1=O. The van der Waals surface area contributed by atoms with Crippen molar-refractivity contribution in [3.05, 3.63) is 39.8 Å². The number of carbonyl (C=O) groups excluding carboxylic acids is 2. The average Bonchev–Trinajstić information content (AvgIpc) is 2.80. The maximum atomic E-state index is 13.4. The lowest BCUT2D eigenvalue weighted by Crippen LogP contribution is -2.42. The minimum Gasteiger partial charge on any atom is -0.363 e. The highest BCUT2D eigenvalue weighted by molar-refractivity contribution is 6.52. The van der Waals surface area contributed by atoms with Gasteiger partial charge in [0.2, 0.25) is 0 Å². The number of imide groups is 1. The third kappa shape index (κ3) is 2.80. The summed E-state index contributed by atoms with van der Waals surface area (Å²) in [4.78, 5) is 28.3. The van der Waals surface area contributed by atoms with Gasteiger partial charge in [0.15, 0.2) is 0 Å². The van der Waals surface area contributed by atoms with Gasteiger partial charge < -0.3 is 4.90 Å². The summed E-state index contributed by atoms with van der Waals surface area (Å²) >= 11 is 12.0. The molecular weight excluding hydrogens is 354 g/mol. The Hall–Kier alpha value is -1.59. The third-order valence-electron chi connectivity index (χ3n) is 4.55. The minimum absolute atomic E-state index is 0.0826. The summed E-state index contributed by atoms with van der Waals surface area (Å²) in [7, 11) is 0. The van der Waals surface area contributed by atoms with E-state index in [1.807, 2.05) is 4.90 Å². The van der Waals surface area contributed by atoms with E-state index in [9.17, 15) is 14.0 Å². The van der Waals surface area contributed by atoms with Crippen LogP contribution in [0.5, 0.6) is 0 Å². The zero-order valence-corrected chi connectivity index (χ0v) is 14.7. The molecule has 7 heteroatoms. The quantitative estimate of drug-likeness (QED) is 0.753. The summed E-state index contributed by atoms with van der Waals surface area (Å²) in [6, 6.07) is 3.92. The molecule has 0 aliphatic carbocycles. The van der Waals surface area contributed by atoms with Crippen molar-refractivity contribution in [2.45, 2.75) is 38.6 Å². The first kappa shape index (κ1) is 17.2. The van der Waals surface area contributed by atoms with Crippen molar-refractivity contribution in [3.63, 3.8) is 0 Å². The normalized spacial score (nSPS) is 21.9. The summed E-state index contributed by atoms with van der Waals surface area (Å²) in [5, 5.41) is -0.233. The van der Waals surface area contributed by atoms with E-state index >= 15 is 0 Å². The average molecular weight is 371 g/mol. The molecule has 2 aliphatic heterocycles. The molecule has 1 aromatic rings. The molecule has 4 nitrogen and oxygen atoms in total. The summed E-state index contributed by atoms with van der Waals surface area (Å²) in [5.74, 6) is -1.69. The fourth-order valence-electron chi connectivity index (χ4n) is 3.32. The van der Waals surface area contributed by atoms with Crippen LogP contribution in [0, 0.1) is 5.82 Å². The van der Waals surface area contributed by atoms with Crippen LogP contribution in [-0.4, -0.2) is 29.3 Å². The van der Waals surface area contributed by atoms with Crippen LogP contribution < -0.4 is 4.90 Å². The van der Waals surface area contributed by atoms with E-state index in [2.05, 4.69) is 6.92 Å².